The second kappa shape index (κ2) is 8.64. The lowest BCUT2D eigenvalue weighted by Crippen LogP contribution is -2.57. The Bertz CT molecular complexity index is 889. The molecule has 5 nitrogen and oxygen atoms in total. The minimum Gasteiger partial charge on any atom is -0.393 e. The minimum absolute atomic E-state index is 0.0139. The highest BCUT2D eigenvalue weighted by Gasteiger charge is 2.65. The zero-order valence-electron chi connectivity index (χ0n) is 23.2. The number of aliphatic hydroxyl groups excluding tert-OH is 3. The summed E-state index contributed by atoms with van der Waals surface area (Å²) in [5.41, 5.74) is 0.682. The lowest BCUT2D eigenvalue weighted by atomic mass is 9.43. The smallest absolute Gasteiger partial charge is 0.159 e. The van der Waals surface area contributed by atoms with Crippen molar-refractivity contribution in [2.45, 2.75) is 124 Å². The molecule has 4 rings (SSSR count). The average molecular weight is 491 g/mol. The molecule has 0 radical (unpaired) electrons. The maximum absolute atomic E-state index is 13.9. The summed E-state index contributed by atoms with van der Waals surface area (Å²) in [6, 6.07) is 0. The van der Waals surface area contributed by atoms with E-state index in [1.807, 2.05) is 0 Å². The minimum atomic E-state index is -1.47. The van der Waals surface area contributed by atoms with E-state index in [1.54, 1.807) is 0 Å². The van der Waals surface area contributed by atoms with Gasteiger partial charge in [-0.15, -0.1) is 0 Å². The highest BCUT2D eigenvalue weighted by molar-refractivity contribution is 5.99. The van der Waals surface area contributed by atoms with E-state index in [9.17, 15) is 25.2 Å². The number of ketones is 1. The van der Waals surface area contributed by atoms with Crippen molar-refractivity contribution in [2.75, 3.05) is 6.61 Å². The molecular formula is C30H50O5. The summed E-state index contributed by atoms with van der Waals surface area (Å²) in [6.07, 6.45) is 6.42. The highest BCUT2D eigenvalue weighted by Crippen LogP contribution is 2.71. The largest absolute Gasteiger partial charge is 0.393 e. The Balaban J connectivity index is 1.63. The molecule has 0 saturated heterocycles. The van der Waals surface area contributed by atoms with Crippen molar-refractivity contribution in [1.82, 2.24) is 0 Å². The molecule has 0 bridgehead atoms. The number of hydrogen-bond acceptors (Lipinski definition) is 5. The lowest BCUT2D eigenvalue weighted by Gasteiger charge is -2.61. The maximum Gasteiger partial charge on any atom is 0.159 e. The standard InChI is InChI=1S/C30H50O5/c1-18(8-9-24(34)30(7,35)17-31)19-10-15-29(6)25-20(11-14-28(19,29)5)27(4)13-12-23(33)26(2,3)22(27)16-21(25)32/h18-19,22-24,31,33-35H,8-17H2,1-7H3/t18-,19+,22-,23-,24-,27+,28+,29-,30-/m0/s1. The van der Waals surface area contributed by atoms with Crippen LogP contribution in [0.2, 0.25) is 0 Å². The third-order valence-corrected chi connectivity index (χ3v) is 12.2. The van der Waals surface area contributed by atoms with E-state index >= 15 is 0 Å². The molecule has 4 aliphatic rings. The van der Waals surface area contributed by atoms with Crippen LogP contribution in [0.1, 0.15) is 106 Å². The summed E-state index contributed by atoms with van der Waals surface area (Å²) in [6.45, 7) is 14.7. The molecule has 0 unspecified atom stereocenters. The number of rotatable bonds is 6. The molecule has 0 aromatic rings. The molecule has 4 aliphatic carbocycles. The van der Waals surface area contributed by atoms with Crippen LogP contribution in [0.25, 0.3) is 0 Å². The molecule has 0 aromatic carbocycles. The monoisotopic (exact) mass is 490 g/mol. The average Bonchev–Trinajstić information content (AvgIpc) is 3.07. The van der Waals surface area contributed by atoms with Crippen LogP contribution in [-0.4, -0.2) is 50.6 Å². The fourth-order valence-corrected chi connectivity index (χ4v) is 9.34. The van der Waals surface area contributed by atoms with Crippen molar-refractivity contribution >= 4 is 5.78 Å². The van der Waals surface area contributed by atoms with Crippen molar-refractivity contribution in [1.29, 1.82) is 0 Å². The van der Waals surface area contributed by atoms with Crippen LogP contribution in [0.5, 0.6) is 0 Å². The second-order valence-corrected chi connectivity index (χ2v) is 14.3. The number of allylic oxidation sites excluding steroid dienone is 2. The van der Waals surface area contributed by atoms with Gasteiger partial charge in [0.25, 0.3) is 0 Å². The number of Topliss-reactive ketones (excluding diaryl/α,β-unsaturated/α-hetero) is 1. The summed E-state index contributed by atoms with van der Waals surface area (Å²) in [4.78, 5) is 13.9. The molecule has 0 spiro atoms. The summed E-state index contributed by atoms with van der Waals surface area (Å²) >= 11 is 0. The fourth-order valence-electron chi connectivity index (χ4n) is 9.34. The topological polar surface area (TPSA) is 98.0 Å². The summed E-state index contributed by atoms with van der Waals surface area (Å²) in [7, 11) is 0. The first-order valence-corrected chi connectivity index (χ1v) is 14.0. The number of fused-ring (bicyclic) bond motifs is 4. The third-order valence-electron chi connectivity index (χ3n) is 12.2. The Morgan fingerprint density at radius 2 is 1.71 bits per heavy atom. The molecule has 5 heteroatoms. The molecule has 200 valence electrons. The first kappa shape index (κ1) is 27.3. The van der Waals surface area contributed by atoms with Gasteiger partial charge in [-0.05, 0) is 92.3 Å². The number of aliphatic hydroxyl groups is 4. The third kappa shape index (κ3) is 3.82. The molecule has 0 aromatic heterocycles. The van der Waals surface area contributed by atoms with Gasteiger partial charge >= 0.3 is 0 Å². The number of carbonyl (C=O) groups excluding carboxylic acids is 1. The van der Waals surface area contributed by atoms with E-state index in [0.29, 0.717) is 30.5 Å². The quantitative estimate of drug-likeness (QED) is 0.429. The van der Waals surface area contributed by atoms with Crippen LogP contribution in [0.4, 0.5) is 0 Å². The molecule has 35 heavy (non-hydrogen) atoms. The normalized spacial score (nSPS) is 44.2. The van der Waals surface area contributed by atoms with Crippen molar-refractivity contribution in [2.24, 2.45) is 39.4 Å². The predicted octanol–water partition coefficient (Wildman–Crippen LogP) is 4.80. The zero-order chi connectivity index (χ0) is 26.2. The van der Waals surface area contributed by atoms with Crippen LogP contribution >= 0.6 is 0 Å². The van der Waals surface area contributed by atoms with Crippen LogP contribution < -0.4 is 0 Å². The first-order valence-electron chi connectivity index (χ1n) is 14.0. The van der Waals surface area contributed by atoms with Gasteiger partial charge in [-0.2, -0.15) is 0 Å². The van der Waals surface area contributed by atoms with E-state index in [0.717, 1.165) is 50.5 Å². The number of hydrogen-bond donors (Lipinski definition) is 4. The van der Waals surface area contributed by atoms with Crippen LogP contribution in [0.3, 0.4) is 0 Å². The van der Waals surface area contributed by atoms with Gasteiger partial charge < -0.3 is 20.4 Å². The van der Waals surface area contributed by atoms with E-state index in [1.165, 1.54) is 12.5 Å². The second-order valence-electron chi connectivity index (χ2n) is 14.3. The van der Waals surface area contributed by atoms with E-state index in [4.69, 9.17) is 0 Å². The van der Waals surface area contributed by atoms with Gasteiger partial charge in [-0.1, -0.05) is 47.1 Å². The summed E-state index contributed by atoms with van der Waals surface area (Å²) in [5.74, 6) is 1.32. The molecule has 4 N–H and O–H groups in total. The molecule has 2 saturated carbocycles. The molecule has 0 heterocycles. The Morgan fingerprint density at radius 1 is 1.06 bits per heavy atom. The highest BCUT2D eigenvalue weighted by atomic mass is 16.4. The van der Waals surface area contributed by atoms with E-state index < -0.39 is 18.3 Å². The van der Waals surface area contributed by atoms with E-state index in [2.05, 4.69) is 41.5 Å². The molecule has 0 amide bonds. The van der Waals surface area contributed by atoms with Gasteiger partial charge in [0.1, 0.15) is 5.60 Å². The van der Waals surface area contributed by atoms with Crippen molar-refractivity contribution in [3.8, 4) is 0 Å². The molecule has 2 fully saturated rings. The molecule has 0 aliphatic heterocycles. The first-order chi connectivity index (χ1) is 16.1. The van der Waals surface area contributed by atoms with Gasteiger partial charge in [0.2, 0.25) is 0 Å². The van der Waals surface area contributed by atoms with Crippen LogP contribution in [0.15, 0.2) is 11.1 Å². The van der Waals surface area contributed by atoms with Gasteiger partial charge in [-0.3, -0.25) is 4.79 Å². The SMILES string of the molecule is C[C@@H](CC[C@H](O)[C@@](C)(O)CO)[C@H]1CC[C@@]2(C)C3=C(CC[C@]12C)[C@@]1(C)CC[C@H](O)C(C)(C)[C@@H]1CC3=O. The van der Waals surface area contributed by atoms with Gasteiger partial charge in [0, 0.05) is 17.4 Å². The van der Waals surface area contributed by atoms with Gasteiger partial charge in [0.15, 0.2) is 5.78 Å². The van der Waals surface area contributed by atoms with Crippen LogP contribution in [-0.2, 0) is 4.79 Å². The van der Waals surface area contributed by atoms with Crippen molar-refractivity contribution < 1.29 is 25.2 Å². The zero-order valence-corrected chi connectivity index (χ0v) is 23.2. The van der Waals surface area contributed by atoms with Crippen molar-refractivity contribution in [3.63, 3.8) is 0 Å². The Hall–Kier alpha value is -0.750. The molecule has 9 atom stereocenters. The van der Waals surface area contributed by atoms with Gasteiger partial charge in [0.05, 0.1) is 18.8 Å². The predicted molar refractivity (Wildman–Crippen MR) is 138 cm³/mol. The Kier molecular flexibility index (Phi) is 6.74. The number of carbonyl (C=O) groups is 1. The fraction of sp³-hybridized carbons (Fsp3) is 0.900. The molecular weight excluding hydrogens is 440 g/mol. The van der Waals surface area contributed by atoms with Crippen molar-refractivity contribution in [3.05, 3.63) is 11.1 Å². The van der Waals surface area contributed by atoms with Crippen LogP contribution in [0, 0.1) is 39.4 Å². The summed E-state index contributed by atoms with van der Waals surface area (Å²) < 4.78 is 0. The van der Waals surface area contributed by atoms with E-state index in [-0.39, 0.29) is 33.7 Å². The Morgan fingerprint density at radius 3 is 2.34 bits per heavy atom. The Labute approximate surface area is 212 Å². The van der Waals surface area contributed by atoms with Gasteiger partial charge in [-0.25, -0.2) is 0 Å². The lowest BCUT2D eigenvalue weighted by molar-refractivity contribution is -0.134. The summed E-state index contributed by atoms with van der Waals surface area (Å²) in [5, 5.41) is 40.8. The maximum atomic E-state index is 13.9.